The Labute approximate surface area is 174 Å². The van der Waals surface area contributed by atoms with Crippen molar-refractivity contribution in [2.45, 2.75) is 81.3 Å². The molecule has 3 saturated heterocycles. The molecule has 8 nitrogen and oxygen atoms in total. The number of hydrogen-bond donors (Lipinski definition) is 4. The Kier molecular flexibility index (Phi) is 3.43. The van der Waals surface area contributed by atoms with Crippen molar-refractivity contribution in [3.05, 3.63) is 23.8 Å². The Morgan fingerprint density at radius 2 is 1.83 bits per heavy atom. The van der Waals surface area contributed by atoms with Crippen LogP contribution in [0.2, 0.25) is 0 Å². The molecule has 6 rings (SSSR count). The number of hydrogen-bond acceptors (Lipinski definition) is 8. The number of carbonyl (C=O) groups excluding carboxylic acids is 1. The van der Waals surface area contributed by atoms with Crippen LogP contribution in [0, 0.1) is 23.2 Å². The number of aliphatic hydroxyl groups excluding tert-OH is 2. The summed E-state index contributed by atoms with van der Waals surface area (Å²) in [5, 5.41) is 44.7. The first-order chi connectivity index (χ1) is 13.8. The van der Waals surface area contributed by atoms with Crippen molar-refractivity contribution in [3.8, 4) is 0 Å². The van der Waals surface area contributed by atoms with E-state index in [1.807, 2.05) is 13.8 Å². The first-order valence-corrected chi connectivity index (χ1v) is 10.6. The largest absolute Gasteiger partial charge is 0.390 e. The first-order valence-electron chi connectivity index (χ1n) is 10.6. The fourth-order valence-electron chi connectivity index (χ4n) is 6.90. The van der Waals surface area contributed by atoms with Gasteiger partial charge in [0.1, 0.15) is 24.4 Å². The highest BCUT2D eigenvalue weighted by molar-refractivity contribution is 6.03. The van der Waals surface area contributed by atoms with Crippen molar-refractivity contribution < 1.29 is 39.4 Å². The van der Waals surface area contributed by atoms with E-state index in [0.717, 1.165) is 0 Å². The van der Waals surface area contributed by atoms with Crippen LogP contribution >= 0.6 is 0 Å². The van der Waals surface area contributed by atoms with Gasteiger partial charge in [-0.2, -0.15) is 0 Å². The van der Waals surface area contributed by atoms with Crippen LogP contribution in [0.15, 0.2) is 23.8 Å². The molecule has 164 valence electrons. The molecule has 2 saturated carbocycles. The predicted octanol–water partition coefficient (Wildman–Crippen LogP) is -0.561. The molecule has 0 aromatic rings. The monoisotopic (exact) mass is 420 g/mol. The van der Waals surface area contributed by atoms with E-state index < -0.39 is 76.8 Å². The summed E-state index contributed by atoms with van der Waals surface area (Å²) in [6.45, 7) is 6.92. The fraction of sp³-hybridized carbons (Fsp3) is 0.773. The van der Waals surface area contributed by atoms with Crippen molar-refractivity contribution in [2.75, 3.05) is 0 Å². The molecular formula is C22H28O8. The van der Waals surface area contributed by atoms with Gasteiger partial charge in [-0.15, -0.1) is 0 Å². The van der Waals surface area contributed by atoms with Gasteiger partial charge in [0.25, 0.3) is 0 Å². The van der Waals surface area contributed by atoms with Crippen molar-refractivity contribution in [1.29, 1.82) is 0 Å². The van der Waals surface area contributed by atoms with E-state index in [1.165, 1.54) is 0 Å². The van der Waals surface area contributed by atoms with Crippen LogP contribution in [0.5, 0.6) is 0 Å². The molecule has 8 heteroatoms. The standard InChI is InChI=1S/C22H28O8/c1-19(2,26)5-6-21-9-7-8-10(13(24)16-15(28-16)12(8)23)11(21)14(25)17-18(29-17)22(21,27)30-20(9,3)4/h5-7,9-11,13-18,24-27H,1-4H3/b6-5+/t9-,10-,11-,13-,14-,15-,16+,17+,18+,21+,22+/m1/s1. The average Bonchev–Trinajstić information content (AvgIpc) is 3.51. The first kappa shape index (κ1) is 19.5. The zero-order valence-electron chi connectivity index (χ0n) is 17.4. The Bertz CT molecular complexity index is 901. The number of Topliss-reactive ketones (excluding diaryl/α,β-unsaturated/α-hetero) is 1. The highest BCUT2D eigenvalue weighted by Gasteiger charge is 2.84. The molecular weight excluding hydrogens is 392 g/mol. The number of ketones is 1. The van der Waals surface area contributed by atoms with Crippen molar-refractivity contribution in [2.24, 2.45) is 23.2 Å². The Morgan fingerprint density at radius 3 is 2.50 bits per heavy atom. The van der Waals surface area contributed by atoms with Gasteiger partial charge in [0, 0.05) is 23.3 Å². The molecule has 4 N–H and O–H groups in total. The second-order valence-electron chi connectivity index (χ2n) is 10.9. The molecule has 6 aliphatic rings. The number of epoxide rings is 2. The number of carbonyl (C=O) groups is 1. The molecule has 3 aliphatic carbocycles. The minimum absolute atomic E-state index is 0.173. The molecule has 0 amide bonds. The summed E-state index contributed by atoms with van der Waals surface area (Å²) in [6.07, 6.45) is 0.494. The number of aliphatic hydroxyl groups is 4. The molecule has 11 atom stereocenters. The maximum Gasteiger partial charge on any atom is 0.205 e. The normalized spacial score (nSPS) is 57.3. The zero-order valence-corrected chi connectivity index (χ0v) is 17.4. The summed E-state index contributed by atoms with van der Waals surface area (Å²) in [4.78, 5) is 13.0. The van der Waals surface area contributed by atoms with Gasteiger partial charge < -0.3 is 34.6 Å². The fourth-order valence-corrected chi connectivity index (χ4v) is 6.90. The lowest BCUT2D eigenvalue weighted by Gasteiger charge is -2.56. The van der Waals surface area contributed by atoms with E-state index >= 15 is 0 Å². The highest BCUT2D eigenvalue weighted by Crippen LogP contribution is 2.72. The molecule has 0 aromatic carbocycles. The molecule has 0 radical (unpaired) electrons. The van der Waals surface area contributed by atoms with E-state index in [-0.39, 0.29) is 5.78 Å². The van der Waals surface area contributed by atoms with Gasteiger partial charge in [-0.1, -0.05) is 18.2 Å². The Morgan fingerprint density at radius 1 is 1.13 bits per heavy atom. The van der Waals surface area contributed by atoms with Crippen LogP contribution < -0.4 is 0 Å². The van der Waals surface area contributed by atoms with Gasteiger partial charge in [-0.3, -0.25) is 4.79 Å². The Hall–Kier alpha value is -1.13. The molecule has 0 spiro atoms. The Balaban J connectivity index is 1.63. The maximum absolute atomic E-state index is 13.0. The summed E-state index contributed by atoms with van der Waals surface area (Å²) in [6, 6.07) is 0. The van der Waals surface area contributed by atoms with E-state index in [4.69, 9.17) is 14.2 Å². The van der Waals surface area contributed by atoms with Crippen LogP contribution in [-0.4, -0.2) is 79.8 Å². The van der Waals surface area contributed by atoms with Crippen LogP contribution in [0.4, 0.5) is 0 Å². The number of rotatable bonds is 2. The van der Waals surface area contributed by atoms with E-state index in [2.05, 4.69) is 0 Å². The summed E-state index contributed by atoms with van der Waals surface area (Å²) in [5.74, 6) is -3.92. The number of fused-ring (bicyclic) bond motifs is 5. The third-order valence-corrected chi connectivity index (χ3v) is 8.10. The SMILES string of the molecule is CC(C)(O)/C=C/[C@]12[C@H]3[C@@H](O)[C@@H]4O[C@@H]4[C@]1(O)OC(C)(C)[C@H]2C=C1C(=O)[C@H]2O[C@H]2[C@H](O)[C@H]13. The second-order valence-corrected chi connectivity index (χ2v) is 10.9. The lowest BCUT2D eigenvalue weighted by atomic mass is 9.46. The van der Waals surface area contributed by atoms with Crippen molar-refractivity contribution in [1.82, 2.24) is 0 Å². The van der Waals surface area contributed by atoms with Gasteiger partial charge in [0.05, 0.1) is 28.8 Å². The average molecular weight is 420 g/mol. The minimum atomic E-state index is -1.77. The highest BCUT2D eigenvalue weighted by atomic mass is 16.7. The van der Waals surface area contributed by atoms with Gasteiger partial charge in [-0.05, 0) is 27.7 Å². The second kappa shape index (κ2) is 5.26. The van der Waals surface area contributed by atoms with Crippen LogP contribution in [0.3, 0.4) is 0 Å². The summed E-state index contributed by atoms with van der Waals surface area (Å²) < 4.78 is 17.4. The van der Waals surface area contributed by atoms with Crippen LogP contribution in [0.1, 0.15) is 27.7 Å². The molecule has 0 unspecified atom stereocenters. The quantitative estimate of drug-likeness (QED) is 0.345. The van der Waals surface area contributed by atoms with Gasteiger partial charge >= 0.3 is 0 Å². The molecule has 3 heterocycles. The molecule has 5 fully saturated rings. The van der Waals surface area contributed by atoms with Crippen molar-refractivity contribution >= 4 is 5.78 Å². The topological polar surface area (TPSA) is 132 Å². The molecule has 0 aromatic heterocycles. The lowest BCUT2D eigenvalue weighted by molar-refractivity contribution is -0.281. The molecule has 3 aliphatic heterocycles. The van der Waals surface area contributed by atoms with Gasteiger partial charge in [0.2, 0.25) is 5.79 Å². The smallest absolute Gasteiger partial charge is 0.205 e. The summed E-state index contributed by atoms with van der Waals surface area (Å²) in [7, 11) is 0. The predicted molar refractivity (Wildman–Crippen MR) is 101 cm³/mol. The van der Waals surface area contributed by atoms with Crippen LogP contribution in [0.25, 0.3) is 0 Å². The van der Waals surface area contributed by atoms with Gasteiger partial charge in [-0.25, -0.2) is 0 Å². The third-order valence-electron chi connectivity index (χ3n) is 8.10. The van der Waals surface area contributed by atoms with E-state index in [0.29, 0.717) is 5.57 Å². The molecule has 30 heavy (non-hydrogen) atoms. The lowest BCUT2D eigenvalue weighted by Crippen LogP contribution is -2.68. The summed E-state index contributed by atoms with van der Waals surface area (Å²) >= 11 is 0. The van der Waals surface area contributed by atoms with Crippen LogP contribution in [-0.2, 0) is 19.0 Å². The van der Waals surface area contributed by atoms with E-state index in [1.54, 1.807) is 32.1 Å². The number of ether oxygens (including phenoxy) is 3. The minimum Gasteiger partial charge on any atom is -0.390 e. The van der Waals surface area contributed by atoms with E-state index in [9.17, 15) is 25.2 Å². The summed E-state index contributed by atoms with van der Waals surface area (Å²) in [5.41, 5.74) is -2.84. The molecule has 0 bridgehead atoms. The van der Waals surface area contributed by atoms with Crippen molar-refractivity contribution in [3.63, 3.8) is 0 Å². The van der Waals surface area contributed by atoms with Gasteiger partial charge in [0.15, 0.2) is 5.78 Å². The maximum atomic E-state index is 13.0. The zero-order chi connectivity index (χ0) is 21.6. The third kappa shape index (κ3) is 2.09.